The second kappa shape index (κ2) is 13.8. The van der Waals surface area contributed by atoms with E-state index in [0.29, 0.717) is 17.6 Å². The number of hydrogen-bond acceptors (Lipinski definition) is 3. The van der Waals surface area contributed by atoms with Gasteiger partial charge in [0.1, 0.15) is 5.15 Å². The third-order valence-electron chi connectivity index (χ3n) is 2.76. The van der Waals surface area contributed by atoms with E-state index >= 15 is 0 Å². The Morgan fingerprint density at radius 2 is 2.13 bits per heavy atom. The molecule has 132 valence electrons. The Hall–Kier alpha value is -0.600. The van der Waals surface area contributed by atoms with Crippen LogP contribution < -0.4 is 10.6 Å². The number of hydrogen-bond donors (Lipinski definition) is 2. The maximum atomic E-state index is 5.77. The number of rotatable bonds is 9. The van der Waals surface area contributed by atoms with Crippen molar-refractivity contribution in [3.8, 4) is 0 Å². The highest BCUT2D eigenvalue weighted by Crippen LogP contribution is 2.05. The van der Waals surface area contributed by atoms with Crippen LogP contribution in [-0.2, 0) is 11.3 Å². The van der Waals surface area contributed by atoms with E-state index < -0.39 is 0 Å². The minimum atomic E-state index is 0. The number of aliphatic imine (C=N–C) groups is 1. The molecule has 0 saturated carbocycles. The molecular formula is C16H28ClIN4O. The second-order valence-electron chi connectivity index (χ2n) is 5.43. The van der Waals surface area contributed by atoms with E-state index in [1.807, 2.05) is 13.0 Å². The molecular weight excluding hydrogens is 427 g/mol. The summed E-state index contributed by atoms with van der Waals surface area (Å²) in [6.07, 6.45) is 2.70. The van der Waals surface area contributed by atoms with Crippen molar-refractivity contribution >= 4 is 41.5 Å². The molecule has 23 heavy (non-hydrogen) atoms. The lowest BCUT2D eigenvalue weighted by Gasteiger charge is -2.12. The molecule has 0 radical (unpaired) electrons. The zero-order valence-corrected chi connectivity index (χ0v) is 17.2. The van der Waals surface area contributed by atoms with E-state index in [2.05, 4.69) is 34.5 Å². The third kappa shape index (κ3) is 11.6. The first-order chi connectivity index (χ1) is 10.6. The number of nitrogens with one attached hydrogen (secondary N) is 2. The monoisotopic (exact) mass is 454 g/mol. The van der Waals surface area contributed by atoms with Crippen LogP contribution in [0.5, 0.6) is 0 Å². The second-order valence-corrected chi connectivity index (χ2v) is 5.82. The molecule has 0 aromatic carbocycles. The SMILES string of the molecule is CCNC(=NCc1ccc(Cl)nc1)NCCCOCC(C)C.I. The van der Waals surface area contributed by atoms with Crippen LogP contribution in [0.3, 0.4) is 0 Å². The first-order valence-electron chi connectivity index (χ1n) is 7.82. The standard InChI is InChI=1S/C16H27ClN4O.HI/c1-4-18-16(19-8-5-9-22-12-13(2)3)21-11-14-6-7-15(17)20-10-14;/h6-7,10,13H,4-5,8-9,11-12H2,1-3H3,(H2,18,19,21);1H. The summed E-state index contributed by atoms with van der Waals surface area (Å²) >= 11 is 5.77. The van der Waals surface area contributed by atoms with Gasteiger partial charge in [-0.2, -0.15) is 0 Å². The molecule has 1 heterocycles. The summed E-state index contributed by atoms with van der Waals surface area (Å²) in [4.78, 5) is 8.58. The Labute approximate surface area is 161 Å². The average Bonchev–Trinajstić information content (AvgIpc) is 2.49. The molecule has 2 N–H and O–H groups in total. The molecule has 5 nitrogen and oxygen atoms in total. The summed E-state index contributed by atoms with van der Waals surface area (Å²) in [6.45, 7) is 10.2. The first kappa shape index (κ1) is 22.4. The van der Waals surface area contributed by atoms with Gasteiger partial charge in [-0.15, -0.1) is 24.0 Å². The lowest BCUT2D eigenvalue weighted by Crippen LogP contribution is -2.38. The van der Waals surface area contributed by atoms with E-state index in [1.54, 1.807) is 12.3 Å². The van der Waals surface area contributed by atoms with Crippen molar-refractivity contribution in [2.45, 2.75) is 33.7 Å². The van der Waals surface area contributed by atoms with E-state index in [0.717, 1.165) is 44.2 Å². The summed E-state index contributed by atoms with van der Waals surface area (Å²) < 4.78 is 5.56. The molecule has 0 bridgehead atoms. The van der Waals surface area contributed by atoms with Crippen LogP contribution >= 0.6 is 35.6 Å². The van der Waals surface area contributed by atoms with Crippen LogP contribution in [0.25, 0.3) is 0 Å². The zero-order chi connectivity index (χ0) is 16.2. The van der Waals surface area contributed by atoms with E-state index in [4.69, 9.17) is 16.3 Å². The van der Waals surface area contributed by atoms with Crippen LogP contribution in [-0.4, -0.2) is 37.2 Å². The molecule has 1 aromatic rings. The summed E-state index contributed by atoms with van der Waals surface area (Å²) in [5, 5.41) is 7.03. The van der Waals surface area contributed by atoms with Gasteiger partial charge in [0.25, 0.3) is 0 Å². The van der Waals surface area contributed by atoms with E-state index in [-0.39, 0.29) is 24.0 Å². The molecule has 0 unspecified atom stereocenters. The molecule has 1 rings (SSSR count). The third-order valence-corrected chi connectivity index (χ3v) is 2.99. The van der Waals surface area contributed by atoms with Gasteiger partial charge in [-0.3, -0.25) is 0 Å². The first-order valence-corrected chi connectivity index (χ1v) is 8.20. The smallest absolute Gasteiger partial charge is 0.191 e. The highest BCUT2D eigenvalue weighted by Gasteiger charge is 1.99. The van der Waals surface area contributed by atoms with Crippen LogP contribution in [0.15, 0.2) is 23.3 Å². The van der Waals surface area contributed by atoms with Crippen LogP contribution in [0.2, 0.25) is 5.15 Å². The number of ether oxygens (including phenoxy) is 1. The topological polar surface area (TPSA) is 58.5 Å². The van der Waals surface area contributed by atoms with Gasteiger partial charge in [0, 0.05) is 32.5 Å². The van der Waals surface area contributed by atoms with Gasteiger partial charge in [0.2, 0.25) is 0 Å². The van der Waals surface area contributed by atoms with Crippen molar-refractivity contribution in [2.24, 2.45) is 10.9 Å². The van der Waals surface area contributed by atoms with Gasteiger partial charge in [-0.1, -0.05) is 31.5 Å². The molecule has 1 aromatic heterocycles. The van der Waals surface area contributed by atoms with Crippen molar-refractivity contribution < 1.29 is 4.74 Å². The van der Waals surface area contributed by atoms with E-state index in [1.165, 1.54) is 0 Å². The number of pyridine rings is 1. The highest BCUT2D eigenvalue weighted by atomic mass is 127. The van der Waals surface area contributed by atoms with Crippen LogP contribution in [0, 0.1) is 5.92 Å². The molecule has 0 atom stereocenters. The fourth-order valence-electron chi connectivity index (χ4n) is 1.71. The average molecular weight is 455 g/mol. The molecule has 0 saturated heterocycles. The van der Waals surface area contributed by atoms with Crippen molar-refractivity contribution in [3.63, 3.8) is 0 Å². The lowest BCUT2D eigenvalue weighted by atomic mass is 10.2. The van der Waals surface area contributed by atoms with Gasteiger partial charge in [0.05, 0.1) is 6.54 Å². The molecule has 7 heteroatoms. The van der Waals surface area contributed by atoms with Crippen molar-refractivity contribution in [1.82, 2.24) is 15.6 Å². The highest BCUT2D eigenvalue weighted by molar-refractivity contribution is 14.0. The summed E-state index contributed by atoms with van der Waals surface area (Å²) in [5.74, 6) is 1.39. The number of guanidine groups is 1. The van der Waals surface area contributed by atoms with Crippen LogP contribution in [0.1, 0.15) is 32.8 Å². The Morgan fingerprint density at radius 3 is 2.74 bits per heavy atom. The summed E-state index contributed by atoms with van der Waals surface area (Å²) in [5.41, 5.74) is 1.03. The predicted octanol–water partition coefficient (Wildman–Crippen LogP) is 3.47. The fraction of sp³-hybridized carbons (Fsp3) is 0.625. The summed E-state index contributed by atoms with van der Waals surface area (Å²) in [6, 6.07) is 3.71. The maximum absolute atomic E-state index is 5.77. The van der Waals surface area contributed by atoms with Gasteiger partial charge >= 0.3 is 0 Å². The van der Waals surface area contributed by atoms with E-state index in [9.17, 15) is 0 Å². The van der Waals surface area contributed by atoms with Gasteiger partial charge < -0.3 is 15.4 Å². The lowest BCUT2D eigenvalue weighted by molar-refractivity contribution is 0.108. The molecule has 0 aliphatic heterocycles. The Kier molecular flexibility index (Phi) is 13.4. The Balaban J connectivity index is 0.00000484. The normalized spacial score (nSPS) is 11.3. The van der Waals surface area contributed by atoms with Gasteiger partial charge in [0.15, 0.2) is 5.96 Å². The van der Waals surface area contributed by atoms with Crippen molar-refractivity contribution in [3.05, 3.63) is 29.0 Å². The molecule has 0 aliphatic carbocycles. The van der Waals surface area contributed by atoms with Gasteiger partial charge in [-0.25, -0.2) is 9.98 Å². The zero-order valence-electron chi connectivity index (χ0n) is 14.1. The minimum absolute atomic E-state index is 0. The molecule has 0 aliphatic rings. The molecule has 0 spiro atoms. The predicted molar refractivity (Wildman–Crippen MR) is 108 cm³/mol. The van der Waals surface area contributed by atoms with Crippen molar-refractivity contribution in [2.75, 3.05) is 26.3 Å². The largest absolute Gasteiger partial charge is 0.381 e. The quantitative estimate of drug-likeness (QED) is 0.197. The Morgan fingerprint density at radius 1 is 1.35 bits per heavy atom. The molecule has 0 fully saturated rings. The fourth-order valence-corrected chi connectivity index (χ4v) is 1.82. The van der Waals surface area contributed by atoms with Crippen LogP contribution in [0.4, 0.5) is 0 Å². The number of halogens is 2. The Bertz CT molecular complexity index is 440. The summed E-state index contributed by atoms with van der Waals surface area (Å²) in [7, 11) is 0. The van der Waals surface area contributed by atoms with Crippen molar-refractivity contribution in [1.29, 1.82) is 0 Å². The minimum Gasteiger partial charge on any atom is -0.381 e. The van der Waals surface area contributed by atoms with Gasteiger partial charge in [-0.05, 0) is 30.9 Å². The molecule has 0 amide bonds. The maximum Gasteiger partial charge on any atom is 0.191 e. The number of nitrogens with zero attached hydrogens (tertiary/aromatic N) is 2. The number of aromatic nitrogens is 1.